The first-order valence-corrected chi connectivity index (χ1v) is 6.91. The zero-order valence-electron chi connectivity index (χ0n) is 11.4. The number of halogens is 1. The second kappa shape index (κ2) is 5.62. The number of furan rings is 1. The van der Waals surface area contributed by atoms with Crippen molar-refractivity contribution >= 4 is 28.4 Å². The second-order valence-electron chi connectivity index (χ2n) is 4.79. The van der Waals surface area contributed by atoms with Crippen molar-refractivity contribution in [3.63, 3.8) is 0 Å². The molecule has 3 aromatic rings. The van der Waals surface area contributed by atoms with Crippen molar-refractivity contribution < 1.29 is 13.9 Å². The van der Waals surface area contributed by atoms with Crippen LogP contribution in [-0.4, -0.2) is 12.4 Å². The highest BCUT2D eigenvalue weighted by atomic mass is 35.5. The summed E-state index contributed by atoms with van der Waals surface area (Å²) in [6, 6.07) is 12.9. The number of carbonyl (C=O) groups excluding carboxylic acids is 1. The van der Waals surface area contributed by atoms with Crippen LogP contribution in [0.15, 0.2) is 53.1 Å². The first-order chi connectivity index (χ1) is 10.1. The van der Waals surface area contributed by atoms with Gasteiger partial charge in [0.15, 0.2) is 6.61 Å². The molecule has 0 bridgehead atoms. The van der Waals surface area contributed by atoms with Gasteiger partial charge in [0.25, 0.3) is 0 Å². The smallest absolute Gasteiger partial charge is 0.204 e. The van der Waals surface area contributed by atoms with Gasteiger partial charge < -0.3 is 9.15 Å². The van der Waals surface area contributed by atoms with Gasteiger partial charge in [0.2, 0.25) is 5.78 Å². The third-order valence-corrected chi connectivity index (χ3v) is 3.52. The molecule has 1 aromatic heterocycles. The molecule has 1 heterocycles. The molecule has 0 saturated heterocycles. The Morgan fingerprint density at radius 1 is 1.24 bits per heavy atom. The van der Waals surface area contributed by atoms with Gasteiger partial charge in [-0.2, -0.15) is 0 Å². The van der Waals surface area contributed by atoms with Crippen molar-refractivity contribution in [2.24, 2.45) is 0 Å². The summed E-state index contributed by atoms with van der Waals surface area (Å²) in [6.45, 7) is 1.87. The minimum Gasteiger partial charge on any atom is -0.484 e. The molecule has 4 heteroatoms. The number of aryl methyl sites for hydroxylation is 1. The van der Waals surface area contributed by atoms with Gasteiger partial charge in [0.1, 0.15) is 17.6 Å². The van der Waals surface area contributed by atoms with E-state index in [2.05, 4.69) is 0 Å². The quantitative estimate of drug-likeness (QED) is 0.658. The number of ether oxygens (including phenoxy) is 1. The van der Waals surface area contributed by atoms with Gasteiger partial charge in [0, 0.05) is 5.39 Å². The lowest BCUT2D eigenvalue weighted by atomic mass is 10.1. The molecular weight excluding hydrogens is 288 g/mol. The van der Waals surface area contributed by atoms with Crippen molar-refractivity contribution in [2.75, 3.05) is 6.61 Å². The zero-order valence-corrected chi connectivity index (χ0v) is 12.2. The number of Topliss-reactive ketones (excluding diaryl/α,β-unsaturated/α-hetero) is 1. The first kappa shape index (κ1) is 13.7. The molecule has 21 heavy (non-hydrogen) atoms. The van der Waals surface area contributed by atoms with Crippen LogP contribution in [0.4, 0.5) is 0 Å². The lowest BCUT2D eigenvalue weighted by Gasteiger charge is -2.07. The van der Waals surface area contributed by atoms with Gasteiger partial charge in [-0.3, -0.25) is 4.79 Å². The topological polar surface area (TPSA) is 39.4 Å². The Labute approximate surface area is 127 Å². The standard InChI is InChI=1S/C17H13ClO3/c1-11-6-7-17(14(18)8-11)21-10-15(19)13-9-20-16-5-3-2-4-12(13)16/h2-9H,10H2,1H3. The Morgan fingerprint density at radius 2 is 2.05 bits per heavy atom. The van der Waals surface area contributed by atoms with Crippen molar-refractivity contribution in [1.82, 2.24) is 0 Å². The predicted molar refractivity (Wildman–Crippen MR) is 82.2 cm³/mol. The molecule has 0 atom stereocenters. The van der Waals surface area contributed by atoms with E-state index in [4.69, 9.17) is 20.8 Å². The fraction of sp³-hybridized carbons (Fsp3) is 0.118. The summed E-state index contributed by atoms with van der Waals surface area (Å²) >= 11 is 6.08. The number of ketones is 1. The maximum absolute atomic E-state index is 12.2. The van der Waals surface area contributed by atoms with Gasteiger partial charge in [-0.05, 0) is 30.7 Å². The molecule has 0 N–H and O–H groups in total. The Balaban J connectivity index is 1.77. The molecule has 0 aliphatic rings. The third-order valence-electron chi connectivity index (χ3n) is 3.23. The monoisotopic (exact) mass is 300 g/mol. The minimum atomic E-state index is -0.142. The zero-order chi connectivity index (χ0) is 14.8. The van der Waals surface area contributed by atoms with E-state index in [-0.39, 0.29) is 12.4 Å². The number of benzene rings is 2. The lowest BCUT2D eigenvalue weighted by Crippen LogP contribution is -2.11. The van der Waals surface area contributed by atoms with E-state index in [1.807, 2.05) is 37.3 Å². The van der Waals surface area contributed by atoms with Gasteiger partial charge in [-0.25, -0.2) is 0 Å². The van der Waals surface area contributed by atoms with Crippen LogP contribution >= 0.6 is 11.6 Å². The average molecular weight is 301 g/mol. The van der Waals surface area contributed by atoms with Gasteiger partial charge in [-0.1, -0.05) is 35.9 Å². The van der Waals surface area contributed by atoms with Crippen molar-refractivity contribution in [2.45, 2.75) is 6.92 Å². The maximum atomic E-state index is 12.2. The highest BCUT2D eigenvalue weighted by molar-refractivity contribution is 6.32. The van der Waals surface area contributed by atoms with E-state index in [0.717, 1.165) is 10.9 Å². The number of fused-ring (bicyclic) bond motifs is 1. The number of hydrogen-bond donors (Lipinski definition) is 0. The summed E-state index contributed by atoms with van der Waals surface area (Å²) in [5.74, 6) is 0.361. The van der Waals surface area contributed by atoms with Gasteiger partial charge >= 0.3 is 0 Å². The first-order valence-electron chi connectivity index (χ1n) is 6.53. The summed E-state index contributed by atoms with van der Waals surface area (Å²) in [4.78, 5) is 12.2. The fourth-order valence-corrected chi connectivity index (χ4v) is 2.43. The molecular formula is C17H13ClO3. The number of para-hydroxylation sites is 1. The van der Waals surface area contributed by atoms with E-state index in [1.165, 1.54) is 6.26 Å². The Bertz CT molecular complexity index is 805. The number of hydrogen-bond acceptors (Lipinski definition) is 3. The molecule has 0 fully saturated rings. The molecule has 0 unspecified atom stereocenters. The molecule has 0 amide bonds. The third kappa shape index (κ3) is 2.78. The molecule has 2 aromatic carbocycles. The van der Waals surface area contributed by atoms with Crippen LogP contribution < -0.4 is 4.74 Å². The van der Waals surface area contributed by atoms with Crippen LogP contribution in [0, 0.1) is 6.92 Å². The van der Waals surface area contributed by atoms with E-state index < -0.39 is 0 Å². The summed E-state index contributed by atoms with van der Waals surface area (Å²) in [6.07, 6.45) is 1.47. The van der Waals surface area contributed by atoms with E-state index in [1.54, 1.807) is 12.1 Å². The van der Waals surface area contributed by atoms with E-state index in [0.29, 0.717) is 21.9 Å². The van der Waals surface area contributed by atoms with Crippen LogP contribution in [0.3, 0.4) is 0 Å². The molecule has 0 radical (unpaired) electrons. The summed E-state index contributed by atoms with van der Waals surface area (Å²) in [5, 5.41) is 1.29. The Kier molecular flexibility index (Phi) is 3.67. The molecule has 3 rings (SSSR count). The van der Waals surface area contributed by atoms with Crippen molar-refractivity contribution in [3.8, 4) is 5.75 Å². The summed E-state index contributed by atoms with van der Waals surface area (Å²) in [5.41, 5.74) is 2.25. The molecule has 0 aliphatic carbocycles. The number of rotatable bonds is 4. The van der Waals surface area contributed by atoms with Crippen LogP contribution in [-0.2, 0) is 0 Å². The highest BCUT2D eigenvalue weighted by Crippen LogP contribution is 2.26. The molecule has 3 nitrogen and oxygen atoms in total. The summed E-state index contributed by atoms with van der Waals surface area (Å²) < 4.78 is 10.9. The summed E-state index contributed by atoms with van der Waals surface area (Å²) in [7, 11) is 0. The lowest BCUT2D eigenvalue weighted by molar-refractivity contribution is 0.0922. The number of carbonyl (C=O) groups is 1. The Hall–Kier alpha value is -2.26. The molecule has 0 aliphatic heterocycles. The van der Waals surface area contributed by atoms with E-state index >= 15 is 0 Å². The maximum Gasteiger partial charge on any atom is 0.204 e. The van der Waals surface area contributed by atoms with Crippen molar-refractivity contribution in [1.29, 1.82) is 0 Å². The second-order valence-corrected chi connectivity index (χ2v) is 5.20. The van der Waals surface area contributed by atoms with Gasteiger partial charge in [-0.15, -0.1) is 0 Å². The SMILES string of the molecule is Cc1ccc(OCC(=O)c2coc3ccccc23)c(Cl)c1. The average Bonchev–Trinajstić information content (AvgIpc) is 2.90. The fourth-order valence-electron chi connectivity index (χ4n) is 2.14. The van der Waals surface area contributed by atoms with Crippen LogP contribution in [0.25, 0.3) is 11.0 Å². The van der Waals surface area contributed by atoms with Crippen molar-refractivity contribution in [3.05, 3.63) is 64.9 Å². The van der Waals surface area contributed by atoms with E-state index in [9.17, 15) is 4.79 Å². The van der Waals surface area contributed by atoms with Crippen LogP contribution in [0.1, 0.15) is 15.9 Å². The predicted octanol–water partition coefficient (Wildman–Crippen LogP) is 4.66. The highest BCUT2D eigenvalue weighted by Gasteiger charge is 2.14. The molecule has 0 spiro atoms. The van der Waals surface area contributed by atoms with Crippen LogP contribution in [0.5, 0.6) is 5.75 Å². The largest absolute Gasteiger partial charge is 0.484 e. The Morgan fingerprint density at radius 3 is 2.86 bits per heavy atom. The normalized spacial score (nSPS) is 10.8. The minimum absolute atomic E-state index is 0.0771. The molecule has 106 valence electrons. The van der Waals surface area contributed by atoms with Crippen LogP contribution in [0.2, 0.25) is 5.02 Å². The molecule has 0 saturated carbocycles. The van der Waals surface area contributed by atoms with Gasteiger partial charge in [0.05, 0.1) is 10.6 Å².